The largest absolute Gasteiger partial charge is 0.478 e. The average Bonchev–Trinajstić information content (AvgIpc) is 2.42. The van der Waals surface area contributed by atoms with Crippen molar-refractivity contribution >= 4 is 5.97 Å². The zero-order valence-corrected chi connectivity index (χ0v) is 13.8. The Morgan fingerprint density at radius 3 is 2.14 bits per heavy atom. The lowest BCUT2D eigenvalue weighted by Crippen LogP contribution is -2.54. The summed E-state index contributed by atoms with van der Waals surface area (Å²) >= 11 is 0. The Kier molecular flexibility index (Phi) is 5.82. The number of benzene rings is 1. The fourth-order valence-corrected chi connectivity index (χ4v) is 3.09. The van der Waals surface area contributed by atoms with Crippen molar-refractivity contribution in [2.24, 2.45) is 11.3 Å². The zero-order chi connectivity index (χ0) is 16.1. The van der Waals surface area contributed by atoms with Gasteiger partial charge in [0.25, 0.3) is 0 Å². The van der Waals surface area contributed by atoms with Crippen molar-refractivity contribution in [3.63, 3.8) is 0 Å². The van der Waals surface area contributed by atoms with Crippen molar-refractivity contribution in [3.05, 3.63) is 30.3 Å². The molecule has 0 aliphatic carbocycles. The van der Waals surface area contributed by atoms with Crippen LogP contribution in [0.5, 0.6) is 5.75 Å². The molecule has 21 heavy (non-hydrogen) atoms. The second kappa shape index (κ2) is 6.97. The van der Waals surface area contributed by atoms with Crippen molar-refractivity contribution in [1.29, 1.82) is 0 Å². The smallest absolute Gasteiger partial charge is 0.348 e. The molecule has 0 spiro atoms. The van der Waals surface area contributed by atoms with Crippen LogP contribution < -0.4 is 4.74 Å². The highest BCUT2D eigenvalue weighted by Crippen LogP contribution is 2.42. The third-order valence-corrected chi connectivity index (χ3v) is 4.12. The number of carboxylic acid groups (broad SMARTS) is 1. The molecule has 0 aliphatic heterocycles. The highest BCUT2D eigenvalue weighted by atomic mass is 16.5. The van der Waals surface area contributed by atoms with Crippen LogP contribution in [-0.4, -0.2) is 16.7 Å². The normalized spacial score (nSPS) is 16.0. The maximum Gasteiger partial charge on any atom is 0.348 e. The lowest BCUT2D eigenvalue weighted by Gasteiger charge is -2.43. The minimum atomic E-state index is -1.18. The summed E-state index contributed by atoms with van der Waals surface area (Å²) in [6, 6.07) is 9.26. The van der Waals surface area contributed by atoms with Gasteiger partial charge in [-0.3, -0.25) is 0 Å². The molecule has 1 aromatic carbocycles. The third-order valence-electron chi connectivity index (χ3n) is 4.12. The van der Waals surface area contributed by atoms with Gasteiger partial charge >= 0.3 is 5.97 Å². The Balaban J connectivity index is 3.27. The van der Waals surface area contributed by atoms with E-state index in [9.17, 15) is 9.90 Å². The first-order chi connectivity index (χ1) is 9.78. The standard InChI is InChI=1S/C18H28O3/c1-6-11-15(17(3,4)5)18(7-2,16(19)20)21-14-12-9-8-10-13-14/h8-10,12-13,15H,6-7,11H2,1-5H3,(H,19,20). The zero-order valence-electron chi connectivity index (χ0n) is 13.8. The molecule has 1 aromatic rings. The lowest BCUT2D eigenvalue weighted by molar-refractivity contribution is -0.167. The van der Waals surface area contributed by atoms with Gasteiger partial charge in [0.1, 0.15) is 5.75 Å². The SMILES string of the molecule is CCCC(C(C)(C)C)C(CC)(Oc1ccccc1)C(=O)O. The second-order valence-electron chi connectivity index (χ2n) is 6.67. The predicted molar refractivity (Wildman–Crippen MR) is 85.6 cm³/mol. The summed E-state index contributed by atoms with van der Waals surface area (Å²) in [4.78, 5) is 12.1. The highest BCUT2D eigenvalue weighted by Gasteiger charge is 2.51. The van der Waals surface area contributed by atoms with E-state index in [4.69, 9.17) is 4.74 Å². The molecule has 0 radical (unpaired) electrons. The Morgan fingerprint density at radius 2 is 1.76 bits per heavy atom. The number of aliphatic carboxylic acids is 1. The number of carboxylic acids is 1. The molecular weight excluding hydrogens is 264 g/mol. The Bertz CT molecular complexity index is 447. The van der Waals surface area contributed by atoms with E-state index in [-0.39, 0.29) is 11.3 Å². The van der Waals surface area contributed by atoms with E-state index in [0.29, 0.717) is 12.2 Å². The third kappa shape index (κ3) is 3.99. The lowest BCUT2D eigenvalue weighted by atomic mass is 9.67. The van der Waals surface area contributed by atoms with Crippen LogP contribution in [0, 0.1) is 11.3 Å². The van der Waals surface area contributed by atoms with Crippen LogP contribution in [0.15, 0.2) is 30.3 Å². The molecule has 3 heteroatoms. The van der Waals surface area contributed by atoms with Crippen molar-refractivity contribution in [3.8, 4) is 5.75 Å². The van der Waals surface area contributed by atoms with E-state index in [2.05, 4.69) is 27.7 Å². The number of hydrogen-bond donors (Lipinski definition) is 1. The summed E-state index contributed by atoms with van der Waals surface area (Å²) < 4.78 is 6.05. The summed E-state index contributed by atoms with van der Waals surface area (Å²) in [5.41, 5.74) is -1.32. The van der Waals surface area contributed by atoms with Crippen LogP contribution in [-0.2, 0) is 4.79 Å². The van der Waals surface area contributed by atoms with E-state index in [1.54, 1.807) is 0 Å². The van der Waals surface area contributed by atoms with Crippen LogP contribution in [0.3, 0.4) is 0 Å². The first-order valence-electron chi connectivity index (χ1n) is 7.75. The van der Waals surface area contributed by atoms with Crippen LogP contribution in [0.2, 0.25) is 0 Å². The Hall–Kier alpha value is -1.51. The topological polar surface area (TPSA) is 46.5 Å². The van der Waals surface area contributed by atoms with Gasteiger partial charge in [0, 0.05) is 5.92 Å². The summed E-state index contributed by atoms with van der Waals surface area (Å²) in [6.07, 6.45) is 2.21. The van der Waals surface area contributed by atoms with Gasteiger partial charge in [-0.15, -0.1) is 0 Å². The monoisotopic (exact) mass is 292 g/mol. The predicted octanol–water partition coefficient (Wildman–Crippen LogP) is 4.76. The van der Waals surface area contributed by atoms with Gasteiger partial charge < -0.3 is 9.84 Å². The summed E-state index contributed by atoms with van der Waals surface area (Å²) in [5.74, 6) is -0.313. The molecular formula is C18H28O3. The maximum atomic E-state index is 12.1. The molecule has 0 amide bonds. The van der Waals surface area contributed by atoms with Gasteiger partial charge in [0.15, 0.2) is 0 Å². The van der Waals surface area contributed by atoms with Crippen LogP contribution in [0.1, 0.15) is 53.9 Å². The van der Waals surface area contributed by atoms with Gasteiger partial charge in [0.2, 0.25) is 5.60 Å². The van der Waals surface area contributed by atoms with Gasteiger partial charge in [-0.2, -0.15) is 0 Å². The van der Waals surface area contributed by atoms with Crippen LogP contribution in [0.25, 0.3) is 0 Å². The fourth-order valence-electron chi connectivity index (χ4n) is 3.09. The molecule has 0 aromatic heterocycles. The maximum absolute atomic E-state index is 12.1. The molecule has 0 bridgehead atoms. The van der Waals surface area contributed by atoms with Crippen molar-refractivity contribution in [1.82, 2.24) is 0 Å². The minimum Gasteiger partial charge on any atom is -0.478 e. The molecule has 118 valence electrons. The van der Waals surface area contributed by atoms with Crippen molar-refractivity contribution < 1.29 is 14.6 Å². The molecule has 3 nitrogen and oxygen atoms in total. The molecule has 0 aliphatic rings. The number of para-hydroxylation sites is 1. The van der Waals surface area contributed by atoms with Gasteiger partial charge in [-0.05, 0) is 30.4 Å². The van der Waals surface area contributed by atoms with Gasteiger partial charge in [0.05, 0.1) is 0 Å². The molecule has 2 unspecified atom stereocenters. The Morgan fingerprint density at radius 1 is 1.19 bits per heavy atom. The number of rotatable bonds is 7. The average molecular weight is 292 g/mol. The molecule has 1 rings (SSSR count). The molecule has 1 N–H and O–H groups in total. The molecule has 0 saturated heterocycles. The first-order valence-corrected chi connectivity index (χ1v) is 7.75. The first kappa shape index (κ1) is 17.5. The number of ether oxygens (including phenoxy) is 1. The molecule has 0 saturated carbocycles. The van der Waals surface area contributed by atoms with E-state index in [1.807, 2.05) is 37.3 Å². The molecule has 2 atom stereocenters. The van der Waals surface area contributed by atoms with E-state index >= 15 is 0 Å². The van der Waals surface area contributed by atoms with Crippen LogP contribution >= 0.6 is 0 Å². The quantitative estimate of drug-likeness (QED) is 0.788. The Labute approximate surface area is 128 Å². The van der Waals surface area contributed by atoms with Gasteiger partial charge in [-0.25, -0.2) is 4.79 Å². The highest BCUT2D eigenvalue weighted by molar-refractivity contribution is 5.78. The van der Waals surface area contributed by atoms with E-state index in [0.717, 1.165) is 12.8 Å². The fraction of sp³-hybridized carbons (Fsp3) is 0.611. The number of carbonyl (C=O) groups is 1. The van der Waals surface area contributed by atoms with Crippen molar-refractivity contribution in [2.75, 3.05) is 0 Å². The van der Waals surface area contributed by atoms with Crippen LogP contribution in [0.4, 0.5) is 0 Å². The van der Waals surface area contributed by atoms with E-state index in [1.165, 1.54) is 0 Å². The molecule has 0 heterocycles. The van der Waals surface area contributed by atoms with E-state index < -0.39 is 11.6 Å². The number of hydrogen-bond acceptors (Lipinski definition) is 2. The summed E-state index contributed by atoms with van der Waals surface area (Å²) in [7, 11) is 0. The van der Waals surface area contributed by atoms with Gasteiger partial charge in [-0.1, -0.05) is 59.2 Å². The second-order valence-corrected chi connectivity index (χ2v) is 6.67. The van der Waals surface area contributed by atoms with Crippen molar-refractivity contribution in [2.45, 2.75) is 59.5 Å². The minimum absolute atomic E-state index is 0.0577. The summed E-state index contributed by atoms with van der Waals surface area (Å²) in [5, 5.41) is 9.92. The molecule has 0 fully saturated rings. The summed E-state index contributed by atoms with van der Waals surface area (Å²) in [6.45, 7) is 10.3.